The van der Waals surface area contributed by atoms with Crippen LogP contribution in [0.15, 0.2) is 18.2 Å². The van der Waals surface area contributed by atoms with Gasteiger partial charge in [0.25, 0.3) is 0 Å². The van der Waals surface area contributed by atoms with E-state index < -0.39 is 0 Å². The van der Waals surface area contributed by atoms with Crippen molar-refractivity contribution in [2.45, 2.75) is 38.3 Å². The average Bonchev–Trinajstić information content (AvgIpc) is 2.41. The molecule has 0 amide bonds. The van der Waals surface area contributed by atoms with Crippen LogP contribution in [0, 0.1) is 0 Å². The van der Waals surface area contributed by atoms with E-state index >= 15 is 0 Å². The number of piperidine rings is 1. The Kier molecular flexibility index (Phi) is 5.02. The Bertz CT molecular complexity index is 373. The third-order valence-corrected chi connectivity index (χ3v) is 3.53. The van der Waals surface area contributed by atoms with Crippen molar-refractivity contribution in [2.75, 3.05) is 20.8 Å². The van der Waals surface area contributed by atoms with Crippen LogP contribution in [-0.2, 0) is 17.8 Å². The van der Waals surface area contributed by atoms with Gasteiger partial charge in [-0.1, -0.05) is 12.5 Å². The lowest BCUT2D eigenvalue weighted by Gasteiger charge is -2.24. The van der Waals surface area contributed by atoms with Crippen LogP contribution in [0.5, 0.6) is 5.75 Å². The van der Waals surface area contributed by atoms with Gasteiger partial charge in [-0.3, -0.25) is 0 Å². The van der Waals surface area contributed by atoms with Crippen LogP contribution in [0.25, 0.3) is 0 Å². The Labute approximate surface area is 109 Å². The van der Waals surface area contributed by atoms with Crippen molar-refractivity contribution in [2.24, 2.45) is 0 Å². The van der Waals surface area contributed by atoms with Gasteiger partial charge in [0.05, 0.1) is 13.7 Å². The molecule has 1 atom stereocenters. The lowest BCUT2D eigenvalue weighted by molar-refractivity contribution is 0.184. The molecular formula is C15H23NO2. The Morgan fingerprint density at radius 3 is 2.83 bits per heavy atom. The number of hydrogen-bond donors (Lipinski definition) is 1. The Morgan fingerprint density at radius 2 is 2.17 bits per heavy atom. The van der Waals surface area contributed by atoms with Gasteiger partial charge in [0, 0.05) is 13.2 Å². The molecule has 1 N–H and O–H groups in total. The van der Waals surface area contributed by atoms with Crippen LogP contribution in [0.4, 0.5) is 0 Å². The highest BCUT2D eigenvalue weighted by Crippen LogP contribution is 2.23. The van der Waals surface area contributed by atoms with Crippen molar-refractivity contribution in [3.05, 3.63) is 29.3 Å². The molecule has 18 heavy (non-hydrogen) atoms. The number of methoxy groups -OCH3 is 2. The highest BCUT2D eigenvalue weighted by atomic mass is 16.5. The van der Waals surface area contributed by atoms with E-state index in [1.54, 1.807) is 14.2 Å². The maximum Gasteiger partial charge on any atom is 0.122 e. The number of benzene rings is 1. The predicted octanol–water partition coefficient (Wildman–Crippen LogP) is 2.53. The second-order valence-electron chi connectivity index (χ2n) is 4.93. The van der Waals surface area contributed by atoms with E-state index in [1.165, 1.54) is 30.4 Å². The summed E-state index contributed by atoms with van der Waals surface area (Å²) >= 11 is 0. The number of ether oxygens (including phenoxy) is 2. The molecule has 1 heterocycles. The molecule has 1 aliphatic rings. The summed E-state index contributed by atoms with van der Waals surface area (Å²) in [6, 6.07) is 6.91. The summed E-state index contributed by atoms with van der Waals surface area (Å²) in [5.74, 6) is 0.988. The summed E-state index contributed by atoms with van der Waals surface area (Å²) in [6.07, 6.45) is 4.94. The predicted molar refractivity (Wildman–Crippen MR) is 73.1 cm³/mol. The van der Waals surface area contributed by atoms with Crippen LogP contribution >= 0.6 is 0 Å². The van der Waals surface area contributed by atoms with Crippen molar-refractivity contribution in [3.8, 4) is 5.75 Å². The third kappa shape index (κ3) is 3.47. The summed E-state index contributed by atoms with van der Waals surface area (Å²) in [4.78, 5) is 0. The lowest BCUT2D eigenvalue weighted by Crippen LogP contribution is -2.35. The van der Waals surface area contributed by atoms with Gasteiger partial charge in [-0.05, 0) is 49.1 Å². The Hall–Kier alpha value is -1.06. The maximum atomic E-state index is 5.45. The summed E-state index contributed by atoms with van der Waals surface area (Å²) in [5, 5.41) is 3.58. The van der Waals surface area contributed by atoms with Crippen molar-refractivity contribution >= 4 is 0 Å². The maximum absolute atomic E-state index is 5.45. The minimum Gasteiger partial charge on any atom is -0.496 e. The molecule has 0 spiro atoms. The smallest absolute Gasteiger partial charge is 0.122 e. The Balaban J connectivity index is 2.09. The van der Waals surface area contributed by atoms with Crippen LogP contribution in [-0.4, -0.2) is 26.8 Å². The first-order chi connectivity index (χ1) is 8.83. The monoisotopic (exact) mass is 249 g/mol. The minimum absolute atomic E-state index is 0.588. The van der Waals surface area contributed by atoms with Gasteiger partial charge in [0.1, 0.15) is 5.75 Å². The Morgan fingerprint density at radius 1 is 1.28 bits per heavy atom. The molecule has 1 aromatic rings. The first kappa shape index (κ1) is 13.4. The molecule has 0 aromatic heterocycles. The highest BCUT2D eigenvalue weighted by Gasteiger charge is 2.15. The van der Waals surface area contributed by atoms with Gasteiger partial charge in [-0.2, -0.15) is 0 Å². The first-order valence-electron chi connectivity index (χ1n) is 6.71. The lowest BCUT2D eigenvalue weighted by atomic mass is 9.96. The van der Waals surface area contributed by atoms with Gasteiger partial charge in [-0.25, -0.2) is 0 Å². The van der Waals surface area contributed by atoms with E-state index in [1.807, 2.05) is 6.07 Å². The van der Waals surface area contributed by atoms with E-state index in [2.05, 4.69) is 17.4 Å². The quantitative estimate of drug-likeness (QED) is 0.870. The zero-order chi connectivity index (χ0) is 12.8. The fraction of sp³-hybridized carbons (Fsp3) is 0.600. The molecule has 1 aromatic carbocycles. The van der Waals surface area contributed by atoms with E-state index in [-0.39, 0.29) is 0 Å². The summed E-state index contributed by atoms with van der Waals surface area (Å²) in [5.41, 5.74) is 2.50. The summed E-state index contributed by atoms with van der Waals surface area (Å²) < 4.78 is 10.6. The number of rotatable bonds is 5. The minimum atomic E-state index is 0.588. The SMILES string of the molecule is COCc1ccc(OC)c(CC2CCCCN2)c1. The summed E-state index contributed by atoms with van der Waals surface area (Å²) in [7, 11) is 3.47. The number of nitrogens with one attached hydrogen (secondary N) is 1. The zero-order valence-electron chi connectivity index (χ0n) is 11.4. The highest BCUT2D eigenvalue weighted by molar-refractivity contribution is 5.37. The molecule has 0 radical (unpaired) electrons. The molecule has 1 fully saturated rings. The molecule has 3 nitrogen and oxygen atoms in total. The molecule has 1 unspecified atom stereocenters. The van der Waals surface area contributed by atoms with E-state index in [0.29, 0.717) is 12.6 Å². The molecule has 1 aliphatic heterocycles. The van der Waals surface area contributed by atoms with Crippen molar-refractivity contribution < 1.29 is 9.47 Å². The summed E-state index contributed by atoms with van der Waals surface area (Å²) in [6.45, 7) is 1.81. The second kappa shape index (κ2) is 6.76. The molecule has 0 aliphatic carbocycles. The molecule has 1 saturated heterocycles. The molecule has 100 valence electrons. The van der Waals surface area contributed by atoms with Gasteiger partial charge in [0.2, 0.25) is 0 Å². The molecule has 3 heteroatoms. The average molecular weight is 249 g/mol. The van der Waals surface area contributed by atoms with Gasteiger partial charge < -0.3 is 14.8 Å². The topological polar surface area (TPSA) is 30.5 Å². The van der Waals surface area contributed by atoms with Gasteiger partial charge in [0.15, 0.2) is 0 Å². The first-order valence-corrected chi connectivity index (χ1v) is 6.71. The molecule has 0 saturated carbocycles. The standard InChI is InChI=1S/C15H23NO2/c1-17-11-12-6-7-15(18-2)13(9-12)10-14-5-3-4-8-16-14/h6-7,9,14,16H,3-5,8,10-11H2,1-2H3. The zero-order valence-corrected chi connectivity index (χ0v) is 11.4. The van der Waals surface area contributed by atoms with Crippen molar-refractivity contribution in [1.29, 1.82) is 0 Å². The van der Waals surface area contributed by atoms with Crippen molar-refractivity contribution in [1.82, 2.24) is 5.32 Å². The van der Waals surface area contributed by atoms with Gasteiger partial charge >= 0.3 is 0 Å². The normalized spacial score (nSPS) is 19.8. The van der Waals surface area contributed by atoms with Crippen LogP contribution in [0.3, 0.4) is 0 Å². The largest absolute Gasteiger partial charge is 0.496 e. The number of hydrogen-bond acceptors (Lipinski definition) is 3. The van der Waals surface area contributed by atoms with Crippen LogP contribution in [0.2, 0.25) is 0 Å². The third-order valence-electron chi connectivity index (χ3n) is 3.53. The van der Waals surface area contributed by atoms with E-state index in [4.69, 9.17) is 9.47 Å². The van der Waals surface area contributed by atoms with E-state index in [0.717, 1.165) is 18.7 Å². The molecular weight excluding hydrogens is 226 g/mol. The molecule has 2 rings (SSSR count). The van der Waals surface area contributed by atoms with Crippen molar-refractivity contribution in [3.63, 3.8) is 0 Å². The van der Waals surface area contributed by atoms with Crippen LogP contribution < -0.4 is 10.1 Å². The fourth-order valence-corrected chi connectivity index (χ4v) is 2.61. The van der Waals surface area contributed by atoms with E-state index in [9.17, 15) is 0 Å². The van der Waals surface area contributed by atoms with Gasteiger partial charge in [-0.15, -0.1) is 0 Å². The van der Waals surface area contributed by atoms with Crippen LogP contribution in [0.1, 0.15) is 30.4 Å². The molecule has 0 bridgehead atoms. The second-order valence-corrected chi connectivity index (χ2v) is 4.93. The fourth-order valence-electron chi connectivity index (χ4n) is 2.61.